The first-order valence-corrected chi connectivity index (χ1v) is 6.79. The molecule has 1 aromatic rings. The van der Waals surface area contributed by atoms with Gasteiger partial charge in [0.15, 0.2) is 0 Å². The van der Waals surface area contributed by atoms with Crippen LogP contribution in [0.4, 0.5) is 0 Å². The van der Waals surface area contributed by atoms with Crippen LogP contribution in [-0.4, -0.2) is 39.8 Å². The molecule has 1 aromatic carbocycles. The van der Waals surface area contributed by atoms with Crippen LogP contribution in [0.3, 0.4) is 0 Å². The fraction of sp³-hybridized carbons (Fsp3) is 0.308. The highest BCUT2D eigenvalue weighted by Gasteiger charge is 2.19. The molecule has 8 heteroatoms. The van der Waals surface area contributed by atoms with E-state index in [0.29, 0.717) is 10.8 Å². The minimum absolute atomic E-state index is 0.00613. The summed E-state index contributed by atoms with van der Waals surface area (Å²) in [5.41, 5.74) is 0. The van der Waals surface area contributed by atoms with Crippen LogP contribution in [0.25, 0.3) is 0 Å². The fourth-order valence-corrected chi connectivity index (χ4v) is 1.77. The van der Waals surface area contributed by atoms with Crippen molar-refractivity contribution >= 4 is 40.7 Å². The molecule has 0 saturated heterocycles. The van der Waals surface area contributed by atoms with Crippen molar-refractivity contribution < 1.29 is 24.5 Å². The Hall–Kier alpha value is -1.86. The zero-order chi connectivity index (χ0) is 15.8. The van der Waals surface area contributed by atoms with Gasteiger partial charge in [0.1, 0.15) is 23.4 Å². The average molecular weight is 332 g/mol. The summed E-state index contributed by atoms with van der Waals surface area (Å²) in [5, 5.41) is 20.7. The van der Waals surface area contributed by atoms with Gasteiger partial charge in [0.25, 0.3) is 0 Å². The number of thiocarbonyl (C=S) groups is 1. The summed E-state index contributed by atoms with van der Waals surface area (Å²) in [4.78, 5) is 21.6. The van der Waals surface area contributed by atoms with E-state index < -0.39 is 18.0 Å². The maximum Gasteiger partial charge on any atom is 0.326 e. The van der Waals surface area contributed by atoms with Gasteiger partial charge in [-0.2, -0.15) is 0 Å². The van der Waals surface area contributed by atoms with Crippen molar-refractivity contribution in [3.63, 3.8) is 0 Å². The summed E-state index contributed by atoms with van der Waals surface area (Å²) in [6.45, 7) is -0.00613. The Labute approximate surface area is 131 Å². The van der Waals surface area contributed by atoms with E-state index in [1.54, 1.807) is 24.3 Å². The van der Waals surface area contributed by atoms with Gasteiger partial charge in [-0.3, -0.25) is 4.79 Å². The lowest BCUT2D eigenvalue weighted by Crippen LogP contribution is -2.42. The summed E-state index contributed by atoms with van der Waals surface area (Å²) in [6.07, 6.45) is -0.323. The number of rotatable bonds is 8. The number of nitrogens with one attached hydrogen (secondary N) is 1. The Kier molecular flexibility index (Phi) is 6.90. The smallest absolute Gasteiger partial charge is 0.326 e. The molecule has 0 amide bonds. The SMILES string of the molecule is O=C(O)CC[C@H](NC(=S)COc1ccc(Cl)cc1)C(=O)O. The van der Waals surface area contributed by atoms with Gasteiger partial charge in [0, 0.05) is 11.4 Å². The molecular weight excluding hydrogens is 318 g/mol. The molecule has 21 heavy (non-hydrogen) atoms. The van der Waals surface area contributed by atoms with Crippen molar-refractivity contribution in [2.45, 2.75) is 18.9 Å². The van der Waals surface area contributed by atoms with Gasteiger partial charge in [0.2, 0.25) is 0 Å². The first kappa shape index (κ1) is 17.2. The largest absolute Gasteiger partial charge is 0.486 e. The molecule has 3 N–H and O–H groups in total. The molecule has 0 radical (unpaired) electrons. The van der Waals surface area contributed by atoms with Crippen molar-refractivity contribution in [2.75, 3.05) is 6.61 Å². The number of carbonyl (C=O) groups is 2. The molecule has 0 aromatic heterocycles. The predicted molar refractivity (Wildman–Crippen MR) is 81.0 cm³/mol. The third-order valence-corrected chi connectivity index (χ3v) is 2.95. The van der Waals surface area contributed by atoms with E-state index >= 15 is 0 Å². The van der Waals surface area contributed by atoms with Crippen LogP contribution in [0.1, 0.15) is 12.8 Å². The van der Waals surface area contributed by atoms with Gasteiger partial charge in [-0.05, 0) is 30.7 Å². The predicted octanol–water partition coefficient (Wildman–Crippen LogP) is 1.95. The first-order chi connectivity index (χ1) is 9.88. The van der Waals surface area contributed by atoms with Crippen LogP contribution in [0.15, 0.2) is 24.3 Å². The Morgan fingerprint density at radius 1 is 1.29 bits per heavy atom. The zero-order valence-corrected chi connectivity index (χ0v) is 12.5. The zero-order valence-electron chi connectivity index (χ0n) is 10.9. The van der Waals surface area contributed by atoms with Crippen molar-refractivity contribution in [2.24, 2.45) is 0 Å². The van der Waals surface area contributed by atoms with Gasteiger partial charge in [0.05, 0.1) is 0 Å². The molecule has 0 fully saturated rings. The highest BCUT2D eigenvalue weighted by Crippen LogP contribution is 2.15. The maximum atomic E-state index is 11.0. The average Bonchev–Trinajstić information content (AvgIpc) is 2.42. The number of carboxylic acids is 2. The van der Waals surface area contributed by atoms with Crippen LogP contribution in [0.5, 0.6) is 5.75 Å². The van der Waals surface area contributed by atoms with E-state index in [2.05, 4.69) is 5.32 Å². The topological polar surface area (TPSA) is 95.9 Å². The number of hydrogen-bond acceptors (Lipinski definition) is 4. The third-order valence-electron chi connectivity index (χ3n) is 2.46. The lowest BCUT2D eigenvalue weighted by atomic mass is 10.1. The summed E-state index contributed by atoms with van der Waals surface area (Å²) < 4.78 is 5.36. The van der Waals surface area contributed by atoms with Crippen molar-refractivity contribution in [3.8, 4) is 5.75 Å². The number of aliphatic carboxylic acids is 2. The van der Waals surface area contributed by atoms with E-state index in [0.717, 1.165) is 0 Å². The Bertz CT molecular complexity index is 520. The second-order valence-corrected chi connectivity index (χ2v) is 5.06. The van der Waals surface area contributed by atoms with E-state index in [-0.39, 0.29) is 24.4 Å². The molecule has 6 nitrogen and oxygen atoms in total. The Morgan fingerprint density at radius 2 is 1.90 bits per heavy atom. The molecule has 0 aliphatic heterocycles. The summed E-state index contributed by atoms with van der Waals surface area (Å²) in [6, 6.07) is 5.57. The minimum Gasteiger partial charge on any atom is -0.486 e. The third kappa shape index (κ3) is 6.92. The lowest BCUT2D eigenvalue weighted by molar-refractivity contribution is -0.140. The molecule has 1 rings (SSSR count). The number of carboxylic acid groups (broad SMARTS) is 2. The van der Waals surface area contributed by atoms with Crippen LogP contribution in [-0.2, 0) is 9.59 Å². The van der Waals surface area contributed by atoms with Gasteiger partial charge >= 0.3 is 11.9 Å². The number of ether oxygens (including phenoxy) is 1. The molecule has 0 heterocycles. The maximum absolute atomic E-state index is 11.0. The molecular formula is C13H14ClNO5S. The minimum atomic E-state index is -1.16. The van der Waals surface area contributed by atoms with Gasteiger partial charge < -0.3 is 20.3 Å². The van der Waals surface area contributed by atoms with Crippen LogP contribution in [0, 0.1) is 0 Å². The molecule has 0 aliphatic rings. The van der Waals surface area contributed by atoms with Gasteiger partial charge in [-0.1, -0.05) is 23.8 Å². The normalized spacial score (nSPS) is 11.5. The van der Waals surface area contributed by atoms with Crippen molar-refractivity contribution in [1.29, 1.82) is 0 Å². The number of halogens is 1. The molecule has 0 saturated carbocycles. The van der Waals surface area contributed by atoms with Gasteiger partial charge in [-0.25, -0.2) is 4.79 Å². The van der Waals surface area contributed by atoms with Crippen LogP contribution < -0.4 is 10.1 Å². The summed E-state index contributed by atoms with van der Waals surface area (Å²) >= 11 is 10.7. The second kappa shape index (κ2) is 8.43. The van der Waals surface area contributed by atoms with E-state index in [1.807, 2.05) is 0 Å². The second-order valence-electron chi connectivity index (χ2n) is 4.13. The quantitative estimate of drug-likeness (QED) is 0.626. The summed E-state index contributed by atoms with van der Waals surface area (Å²) in [5.74, 6) is -1.68. The van der Waals surface area contributed by atoms with Crippen LogP contribution >= 0.6 is 23.8 Å². The highest BCUT2D eigenvalue weighted by molar-refractivity contribution is 7.80. The molecule has 0 unspecified atom stereocenters. The van der Waals surface area contributed by atoms with Crippen LogP contribution in [0.2, 0.25) is 5.02 Å². The molecule has 0 spiro atoms. The standard InChI is InChI=1S/C13H14ClNO5S/c14-8-1-3-9(4-2-8)20-7-11(21)15-10(13(18)19)5-6-12(16)17/h1-4,10H,5-7H2,(H,15,21)(H,16,17)(H,18,19)/t10-/m0/s1. The Balaban J connectivity index is 2.44. The monoisotopic (exact) mass is 331 g/mol. The first-order valence-electron chi connectivity index (χ1n) is 6.01. The number of hydrogen-bond donors (Lipinski definition) is 3. The fourth-order valence-electron chi connectivity index (χ4n) is 1.44. The summed E-state index contributed by atoms with van der Waals surface area (Å²) in [7, 11) is 0. The van der Waals surface area contributed by atoms with E-state index in [9.17, 15) is 9.59 Å². The highest BCUT2D eigenvalue weighted by atomic mass is 35.5. The molecule has 0 aliphatic carbocycles. The van der Waals surface area contributed by atoms with Crippen molar-refractivity contribution in [3.05, 3.63) is 29.3 Å². The molecule has 1 atom stereocenters. The van der Waals surface area contributed by atoms with E-state index in [4.69, 9.17) is 38.8 Å². The van der Waals surface area contributed by atoms with Crippen molar-refractivity contribution in [1.82, 2.24) is 5.32 Å². The number of benzene rings is 1. The van der Waals surface area contributed by atoms with E-state index in [1.165, 1.54) is 0 Å². The van der Waals surface area contributed by atoms with Gasteiger partial charge in [-0.15, -0.1) is 0 Å². The molecule has 114 valence electrons. The lowest BCUT2D eigenvalue weighted by Gasteiger charge is -2.16. The Morgan fingerprint density at radius 3 is 2.43 bits per heavy atom. The molecule has 0 bridgehead atoms.